The van der Waals surface area contributed by atoms with Crippen LogP contribution < -0.4 is 5.32 Å². The lowest BCUT2D eigenvalue weighted by Gasteiger charge is -2.25. The fraction of sp³-hybridized carbons (Fsp3) is 0.462. The smallest absolute Gasteiger partial charge is 0.255 e. The van der Waals surface area contributed by atoms with Crippen molar-refractivity contribution < 1.29 is 4.79 Å². The molecule has 1 aromatic rings. The van der Waals surface area contributed by atoms with E-state index in [1.165, 1.54) is 0 Å². The van der Waals surface area contributed by atoms with Crippen LogP contribution in [-0.4, -0.2) is 37.0 Å². The molecule has 3 nitrogen and oxygen atoms in total. The van der Waals surface area contributed by atoms with Gasteiger partial charge in [0.2, 0.25) is 0 Å². The van der Waals surface area contributed by atoms with Crippen LogP contribution in [0.1, 0.15) is 23.2 Å². The molecule has 0 bridgehead atoms. The molecule has 1 unspecified atom stereocenters. The second-order valence-electron chi connectivity index (χ2n) is 4.45. The number of halogens is 3. The first-order valence-corrected chi connectivity index (χ1v) is 7.22. The zero-order valence-electron chi connectivity index (χ0n) is 10.7. The van der Waals surface area contributed by atoms with Gasteiger partial charge in [-0.25, -0.2) is 0 Å². The number of nitrogens with one attached hydrogen (secondary N) is 1. The maximum Gasteiger partial charge on any atom is 0.255 e. The average Bonchev–Trinajstić information content (AvgIpc) is 2.80. The lowest BCUT2D eigenvalue weighted by molar-refractivity contribution is 0.0737. The molecule has 1 N–H and O–H groups in total. The Morgan fingerprint density at radius 3 is 3.00 bits per heavy atom. The van der Waals surface area contributed by atoms with Gasteiger partial charge in [-0.2, -0.15) is 0 Å². The lowest BCUT2D eigenvalue weighted by Crippen LogP contribution is -2.40. The number of likely N-dealkylation sites (N-methyl/N-ethyl adjacent to an activating group) is 1. The quantitative estimate of drug-likeness (QED) is 0.888. The Bertz CT molecular complexity index is 456. The number of hydrogen-bond donors (Lipinski definition) is 1. The summed E-state index contributed by atoms with van der Waals surface area (Å²) in [6.07, 6.45) is 2.11. The fourth-order valence-electron chi connectivity index (χ4n) is 2.37. The van der Waals surface area contributed by atoms with Crippen molar-refractivity contribution in [2.24, 2.45) is 0 Å². The molecule has 19 heavy (non-hydrogen) atoms. The van der Waals surface area contributed by atoms with Gasteiger partial charge in [0.25, 0.3) is 5.91 Å². The maximum atomic E-state index is 12.5. The number of benzene rings is 1. The van der Waals surface area contributed by atoms with Gasteiger partial charge in [0, 0.05) is 23.6 Å². The van der Waals surface area contributed by atoms with Crippen LogP contribution in [0.15, 0.2) is 22.7 Å². The Hall–Kier alpha value is -0.290. The predicted octanol–water partition coefficient (Wildman–Crippen LogP) is 3.35. The normalized spacial score (nSPS) is 18.3. The van der Waals surface area contributed by atoms with Crippen molar-refractivity contribution in [3.05, 3.63) is 33.3 Å². The Labute approximate surface area is 133 Å². The third kappa shape index (κ3) is 3.63. The minimum atomic E-state index is 0. The van der Waals surface area contributed by atoms with Crippen LogP contribution in [-0.2, 0) is 0 Å². The standard InChI is InChI=1S/C13H16BrClN2O.ClH/c1-16-8-9-4-3-7-17(9)13(18)10-5-2-6-11(14)12(10)15;/h2,5-6,9,16H,3-4,7-8H2,1H3;1H. The molecule has 1 saturated heterocycles. The van der Waals surface area contributed by atoms with Gasteiger partial charge in [-0.3, -0.25) is 4.79 Å². The van der Waals surface area contributed by atoms with Gasteiger partial charge in [-0.05, 0) is 48.0 Å². The van der Waals surface area contributed by atoms with E-state index in [1.807, 2.05) is 24.1 Å². The SMILES string of the molecule is CNCC1CCCN1C(=O)c1cccc(Br)c1Cl.Cl. The van der Waals surface area contributed by atoms with Crippen molar-refractivity contribution in [3.8, 4) is 0 Å². The van der Waals surface area contributed by atoms with E-state index in [0.29, 0.717) is 10.6 Å². The van der Waals surface area contributed by atoms with Crippen LogP contribution in [0, 0.1) is 0 Å². The van der Waals surface area contributed by atoms with Gasteiger partial charge in [0.05, 0.1) is 10.6 Å². The third-order valence-corrected chi connectivity index (χ3v) is 4.56. The number of rotatable bonds is 3. The second kappa shape index (κ2) is 7.48. The van der Waals surface area contributed by atoms with E-state index in [2.05, 4.69) is 21.2 Å². The summed E-state index contributed by atoms with van der Waals surface area (Å²) in [6, 6.07) is 5.74. The lowest BCUT2D eigenvalue weighted by atomic mass is 10.1. The number of carbonyl (C=O) groups excluding carboxylic acids is 1. The molecular weight excluding hydrogens is 351 g/mol. The number of likely N-dealkylation sites (tertiary alicyclic amines) is 1. The molecule has 0 aliphatic carbocycles. The molecule has 2 rings (SSSR count). The summed E-state index contributed by atoms with van der Waals surface area (Å²) in [6.45, 7) is 1.64. The second-order valence-corrected chi connectivity index (χ2v) is 5.69. The summed E-state index contributed by atoms with van der Waals surface area (Å²) in [5.74, 6) is 0.0269. The Morgan fingerprint density at radius 1 is 1.58 bits per heavy atom. The molecule has 1 amide bonds. The molecule has 0 spiro atoms. The minimum Gasteiger partial charge on any atom is -0.334 e. The first-order valence-electron chi connectivity index (χ1n) is 6.04. The van der Waals surface area contributed by atoms with Crippen LogP contribution in [0.25, 0.3) is 0 Å². The van der Waals surface area contributed by atoms with Crippen molar-refractivity contribution >= 4 is 45.8 Å². The third-order valence-electron chi connectivity index (χ3n) is 3.26. The number of carbonyl (C=O) groups is 1. The van der Waals surface area contributed by atoms with Gasteiger partial charge in [-0.15, -0.1) is 12.4 Å². The number of nitrogens with zero attached hydrogens (tertiary/aromatic N) is 1. The highest BCUT2D eigenvalue weighted by molar-refractivity contribution is 9.10. The van der Waals surface area contributed by atoms with Gasteiger partial charge < -0.3 is 10.2 Å². The van der Waals surface area contributed by atoms with E-state index in [9.17, 15) is 4.79 Å². The molecule has 106 valence electrons. The summed E-state index contributed by atoms with van der Waals surface area (Å²) in [7, 11) is 1.91. The van der Waals surface area contributed by atoms with E-state index in [4.69, 9.17) is 11.6 Å². The topological polar surface area (TPSA) is 32.3 Å². The van der Waals surface area contributed by atoms with Crippen molar-refractivity contribution in [1.82, 2.24) is 10.2 Å². The first-order chi connectivity index (χ1) is 8.65. The highest BCUT2D eigenvalue weighted by Crippen LogP contribution is 2.29. The fourth-order valence-corrected chi connectivity index (χ4v) is 2.95. The van der Waals surface area contributed by atoms with E-state index in [-0.39, 0.29) is 24.4 Å². The summed E-state index contributed by atoms with van der Waals surface area (Å²) in [4.78, 5) is 14.4. The molecule has 1 aliphatic heterocycles. The molecule has 1 fully saturated rings. The van der Waals surface area contributed by atoms with Gasteiger partial charge in [0.1, 0.15) is 0 Å². The Kier molecular flexibility index (Phi) is 6.60. The average molecular weight is 368 g/mol. The van der Waals surface area contributed by atoms with Crippen LogP contribution in [0.3, 0.4) is 0 Å². The highest BCUT2D eigenvalue weighted by Gasteiger charge is 2.29. The maximum absolute atomic E-state index is 12.5. The summed E-state index contributed by atoms with van der Waals surface area (Å²) in [5.41, 5.74) is 0.578. The van der Waals surface area contributed by atoms with Crippen molar-refractivity contribution in [1.29, 1.82) is 0 Å². The first kappa shape index (κ1) is 16.8. The van der Waals surface area contributed by atoms with Crippen LogP contribution in [0.4, 0.5) is 0 Å². The van der Waals surface area contributed by atoms with Crippen LogP contribution in [0.2, 0.25) is 5.02 Å². The van der Waals surface area contributed by atoms with Crippen molar-refractivity contribution in [2.75, 3.05) is 20.1 Å². The van der Waals surface area contributed by atoms with E-state index in [1.54, 1.807) is 6.07 Å². The van der Waals surface area contributed by atoms with Gasteiger partial charge in [0.15, 0.2) is 0 Å². The van der Waals surface area contributed by atoms with E-state index < -0.39 is 0 Å². The van der Waals surface area contributed by atoms with Crippen molar-refractivity contribution in [2.45, 2.75) is 18.9 Å². The zero-order valence-corrected chi connectivity index (χ0v) is 13.8. The number of hydrogen-bond acceptors (Lipinski definition) is 2. The van der Waals surface area contributed by atoms with Gasteiger partial charge >= 0.3 is 0 Å². The molecule has 1 heterocycles. The summed E-state index contributed by atoms with van der Waals surface area (Å²) in [5, 5.41) is 3.63. The molecule has 1 aromatic carbocycles. The molecule has 1 atom stereocenters. The van der Waals surface area contributed by atoms with E-state index >= 15 is 0 Å². The highest BCUT2D eigenvalue weighted by atomic mass is 79.9. The summed E-state index contributed by atoms with van der Waals surface area (Å²) < 4.78 is 0.763. The predicted molar refractivity (Wildman–Crippen MR) is 84.4 cm³/mol. The molecule has 1 aliphatic rings. The molecule has 0 aromatic heterocycles. The Morgan fingerprint density at radius 2 is 2.32 bits per heavy atom. The minimum absolute atomic E-state index is 0. The zero-order chi connectivity index (χ0) is 13.1. The monoisotopic (exact) mass is 366 g/mol. The molecule has 0 saturated carbocycles. The van der Waals surface area contributed by atoms with Crippen LogP contribution >= 0.6 is 39.9 Å². The molecule has 6 heteroatoms. The number of amides is 1. The Balaban J connectivity index is 0.00000180. The van der Waals surface area contributed by atoms with E-state index in [0.717, 1.165) is 30.4 Å². The molecule has 0 radical (unpaired) electrons. The van der Waals surface area contributed by atoms with Crippen molar-refractivity contribution in [3.63, 3.8) is 0 Å². The summed E-state index contributed by atoms with van der Waals surface area (Å²) >= 11 is 9.54. The van der Waals surface area contributed by atoms with Gasteiger partial charge in [-0.1, -0.05) is 17.7 Å². The largest absolute Gasteiger partial charge is 0.334 e. The van der Waals surface area contributed by atoms with Crippen LogP contribution in [0.5, 0.6) is 0 Å². The molecular formula is C13H17BrCl2N2O.